The van der Waals surface area contributed by atoms with Crippen molar-refractivity contribution in [2.75, 3.05) is 6.61 Å². The minimum Gasteiger partial charge on any atom is -0.464 e. The molecule has 0 fully saturated rings. The number of aryl methyl sites for hydroxylation is 1. The van der Waals surface area contributed by atoms with Crippen molar-refractivity contribution in [2.24, 2.45) is 0 Å². The lowest BCUT2D eigenvalue weighted by atomic mass is 10.0. The van der Waals surface area contributed by atoms with Crippen LogP contribution in [0.3, 0.4) is 0 Å². The predicted molar refractivity (Wildman–Crippen MR) is 101 cm³/mol. The van der Waals surface area contributed by atoms with Crippen LogP contribution < -0.4 is 0 Å². The number of benzene rings is 2. The smallest absolute Gasteiger partial charge is 0.331 e. The SMILES string of the molecule is CCOC(=O)C(CC(=O)c1ccccc1)n1cc2cc(C=O)cc(C)c2n1. The summed E-state index contributed by atoms with van der Waals surface area (Å²) in [5, 5.41) is 5.22. The Hall–Kier alpha value is -3.28. The molecule has 0 spiro atoms. The summed E-state index contributed by atoms with van der Waals surface area (Å²) in [5.41, 5.74) is 2.57. The Morgan fingerprint density at radius 2 is 1.96 bits per heavy atom. The van der Waals surface area contributed by atoms with Crippen molar-refractivity contribution in [1.29, 1.82) is 0 Å². The van der Waals surface area contributed by atoms with E-state index in [0.29, 0.717) is 16.6 Å². The Labute approximate surface area is 156 Å². The summed E-state index contributed by atoms with van der Waals surface area (Å²) >= 11 is 0. The molecule has 3 aromatic rings. The first kappa shape index (κ1) is 18.5. The van der Waals surface area contributed by atoms with Crippen LogP contribution in [0.15, 0.2) is 48.7 Å². The molecule has 0 bridgehead atoms. The molecule has 1 aromatic heterocycles. The van der Waals surface area contributed by atoms with Crippen molar-refractivity contribution < 1.29 is 19.1 Å². The molecule has 1 atom stereocenters. The Bertz CT molecular complexity index is 992. The quantitative estimate of drug-likeness (QED) is 0.364. The summed E-state index contributed by atoms with van der Waals surface area (Å²) in [5.74, 6) is -0.679. The number of nitrogens with zero attached hydrogens (tertiary/aromatic N) is 2. The lowest BCUT2D eigenvalue weighted by molar-refractivity contribution is -0.147. The first-order chi connectivity index (χ1) is 13.0. The summed E-state index contributed by atoms with van der Waals surface area (Å²) in [6.45, 7) is 3.78. The van der Waals surface area contributed by atoms with E-state index < -0.39 is 12.0 Å². The number of rotatable bonds is 7. The number of esters is 1. The highest BCUT2D eigenvalue weighted by Gasteiger charge is 2.27. The highest BCUT2D eigenvalue weighted by atomic mass is 16.5. The topological polar surface area (TPSA) is 78.3 Å². The van der Waals surface area contributed by atoms with Crippen molar-refractivity contribution >= 4 is 28.9 Å². The molecule has 0 saturated carbocycles. The van der Waals surface area contributed by atoms with E-state index in [4.69, 9.17) is 4.74 Å². The largest absolute Gasteiger partial charge is 0.464 e. The number of ketones is 1. The van der Waals surface area contributed by atoms with Gasteiger partial charge in [0.1, 0.15) is 6.29 Å². The van der Waals surface area contributed by atoms with Gasteiger partial charge < -0.3 is 4.74 Å². The Kier molecular flexibility index (Phi) is 5.45. The summed E-state index contributed by atoms with van der Waals surface area (Å²) in [6.07, 6.45) is 2.39. The molecule has 0 aliphatic heterocycles. The van der Waals surface area contributed by atoms with E-state index in [1.54, 1.807) is 49.5 Å². The van der Waals surface area contributed by atoms with Gasteiger partial charge in [0, 0.05) is 29.1 Å². The van der Waals surface area contributed by atoms with Crippen LogP contribution in [0.5, 0.6) is 0 Å². The summed E-state index contributed by atoms with van der Waals surface area (Å²) in [6, 6.07) is 11.4. The second kappa shape index (κ2) is 7.95. The predicted octanol–water partition coefficient (Wildman–Crippen LogP) is 3.53. The summed E-state index contributed by atoms with van der Waals surface area (Å²) in [7, 11) is 0. The summed E-state index contributed by atoms with van der Waals surface area (Å²) in [4.78, 5) is 36.2. The molecule has 27 heavy (non-hydrogen) atoms. The monoisotopic (exact) mass is 364 g/mol. The van der Waals surface area contributed by atoms with Gasteiger partial charge in [-0.25, -0.2) is 4.79 Å². The van der Waals surface area contributed by atoms with Crippen molar-refractivity contribution in [1.82, 2.24) is 9.78 Å². The third-order valence-electron chi connectivity index (χ3n) is 4.33. The van der Waals surface area contributed by atoms with E-state index in [2.05, 4.69) is 5.10 Å². The van der Waals surface area contributed by atoms with Crippen LogP contribution in [0.2, 0.25) is 0 Å². The Morgan fingerprint density at radius 1 is 1.22 bits per heavy atom. The number of ether oxygens (including phenoxy) is 1. The zero-order valence-electron chi connectivity index (χ0n) is 15.2. The fourth-order valence-corrected chi connectivity index (χ4v) is 3.03. The van der Waals surface area contributed by atoms with Crippen LogP contribution in [-0.2, 0) is 9.53 Å². The van der Waals surface area contributed by atoms with Crippen molar-refractivity contribution in [3.63, 3.8) is 0 Å². The molecule has 1 unspecified atom stereocenters. The molecule has 0 aliphatic carbocycles. The van der Waals surface area contributed by atoms with Crippen LogP contribution in [0, 0.1) is 6.92 Å². The molecule has 3 rings (SSSR count). The Morgan fingerprint density at radius 3 is 2.63 bits per heavy atom. The van der Waals surface area contributed by atoms with Gasteiger partial charge in [0.15, 0.2) is 11.8 Å². The third-order valence-corrected chi connectivity index (χ3v) is 4.33. The number of fused-ring (bicyclic) bond motifs is 1. The van der Waals surface area contributed by atoms with Gasteiger partial charge in [0.05, 0.1) is 12.1 Å². The van der Waals surface area contributed by atoms with Gasteiger partial charge in [0.25, 0.3) is 0 Å². The third kappa shape index (κ3) is 3.95. The fraction of sp³-hybridized carbons (Fsp3) is 0.238. The van der Waals surface area contributed by atoms with E-state index >= 15 is 0 Å². The van der Waals surface area contributed by atoms with Crippen LogP contribution in [0.4, 0.5) is 0 Å². The molecule has 0 radical (unpaired) electrons. The fourth-order valence-electron chi connectivity index (χ4n) is 3.03. The van der Waals surface area contributed by atoms with Crippen LogP contribution in [0.25, 0.3) is 10.9 Å². The number of aldehydes is 1. The van der Waals surface area contributed by atoms with Crippen LogP contribution in [0.1, 0.15) is 45.7 Å². The zero-order valence-corrected chi connectivity index (χ0v) is 15.2. The maximum atomic E-state index is 12.6. The molecule has 0 amide bonds. The van der Waals surface area contributed by atoms with E-state index in [-0.39, 0.29) is 18.8 Å². The first-order valence-electron chi connectivity index (χ1n) is 8.73. The van der Waals surface area contributed by atoms with Crippen molar-refractivity contribution in [3.8, 4) is 0 Å². The lowest BCUT2D eigenvalue weighted by Crippen LogP contribution is -2.25. The molecule has 0 aliphatic rings. The zero-order chi connectivity index (χ0) is 19.4. The van der Waals surface area contributed by atoms with Crippen molar-refractivity contribution in [2.45, 2.75) is 26.3 Å². The number of hydrogen-bond donors (Lipinski definition) is 0. The molecule has 138 valence electrons. The van der Waals surface area contributed by atoms with Crippen molar-refractivity contribution in [3.05, 3.63) is 65.4 Å². The van der Waals surface area contributed by atoms with Gasteiger partial charge in [-0.3, -0.25) is 14.3 Å². The number of carbonyl (C=O) groups excluding carboxylic acids is 3. The first-order valence-corrected chi connectivity index (χ1v) is 8.73. The van der Waals surface area contributed by atoms with E-state index in [1.807, 2.05) is 13.0 Å². The minimum atomic E-state index is -0.871. The second-order valence-corrected chi connectivity index (χ2v) is 6.26. The molecular weight excluding hydrogens is 344 g/mol. The van der Waals surface area contributed by atoms with E-state index in [0.717, 1.165) is 17.2 Å². The second-order valence-electron chi connectivity index (χ2n) is 6.26. The standard InChI is InChI=1S/C21H20N2O4/c1-3-27-21(26)18(11-19(25)16-7-5-4-6-8-16)23-12-17-10-15(13-24)9-14(2)20(17)22-23/h4-10,12-13,18H,3,11H2,1-2H3. The van der Waals surface area contributed by atoms with Gasteiger partial charge in [-0.05, 0) is 31.5 Å². The highest BCUT2D eigenvalue weighted by Crippen LogP contribution is 2.24. The van der Waals surface area contributed by atoms with E-state index in [1.165, 1.54) is 4.68 Å². The van der Waals surface area contributed by atoms with Gasteiger partial charge in [-0.1, -0.05) is 30.3 Å². The maximum absolute atomic E-state index is 12.6. The minimum absolute atomic E-state index is 0.0591. The highest BCUT2D eigenvalue weighted by molar-refractivity contribution is 5.98. The molecule has 6 heteroatoms. The number of aromatic nitrogens is 2. The molecule has 1 heterocycles. The van der Waals surface area contributed by atoms with Gasteiger partial charge in [0.2, 0.25) is 0 Å². The van der Waals surface area contributed by atoms with Crippen LogP contribution in [-0.4, -0.2) is 34.4 Å². The van der Waals surface area contributed by atoms with Gasteiger partial charge in [-0.2, -0.15) is 5.10 Å². The maximum Gasteiger partial charge on any atom is 0.331 e. The van der Waals surface area contributed by atoms with Crippen LogP contribution >= 0.6 is 0 Å². The molecule has 0 saturated heterocycles. The lowest BCUT2D eigenvalue weighted by Gasteiger charge is -2.15. The molecule has 6 nitrogen and oxygen atoms in total. The number of Topliss-reactive ketones (excluding diaryl/α,β-unsaturated/α-hetero) is 1. The molecular formula is C21H20N2O4. The number of carbonyl (C=O) groups is 3. The van der Waals surface area contributed by atoms with Gasteiger partial charge in [-0.15, -0.1) is 0 Å². The number of hydrogen-bond acceptors (Lipinski definition) is 5. The average Bonchev–Trinajstić information content (AvgIpc) is 3.11. The molecule has 2 aromatic carbocycles. The average molecular weight is 364 g/mol. The summed E-state index contributed by atoms with van der Waals surface area (Å²) < 4.78 is 6.62. The molecule has 0 N–H and O–H groups in total. The Balaban J connectivity index is 1.99. The van der Waals surface area contributed by atoms with Gasteiger partial charge >= 0.3 is 5.97 Å². The normalized spacial score (nSPS) is 11.9. The van der Waals surface area contributed by atoms with E-state index in [9.17, 15) is 14.4 Å².